The van der Waals surface area contributed by atoms with Crippen LogP contribution in [0.15, 0.2) is 54.7 Å². The van der Waals surface area contributed by atoms with Crippen LogP contribution < -0.4 is 10.6 Å². The van der Waals surface area contributed by atoms with Crippen LogP contribution >= 0.6 is 11.6 Å². The van der Waals surface area contributed by atoms with Crippen molar-refractivity contribution >= 4 is 40.3 Å². The number of imidazole rings is 1. The van der Waals surface area contributed by atoms with Gasteiger partial charge in [0.05, 0.1) is 18.7 Å². The third kappa shape index (κ3) is 3.49. The number of carbonyl (C=O) groups is 1. The highest BCUT2D eigenvalue weighted by Gasteiger charge is 2.24. The van der Waals surface area contributed by atoms with E-state index >= 15 is 0 Å². The first kappa shape index (κ1) is 19.5. The lowest BCUT2D eigenvalue weighted by Crippen LogP contribution is -2.42. The standard InChI is InChI=1S/C22H19ClN6O2/c23-12-14-3-5-15(6-4-14)29-21(16-2-1-9-25-20(16)24)26-17-7-8-18(27-22(17)29)28-10-11-31-13-19(28)30/h1-9H,10-13H2,(H2,24,25). The van der Waals surface area contributed by atoms with Crippen LogP contribution in [0.4, 0.5) is 11.6 Å². The molecule has 0 saturated carbocycles. The van der Waals surface area contributed by atoms with Crippen LogP contribution in [0.5, 0.6) is 0 Å². The zero-order valence-electron chi connectivity index (χ0n) is 16.5. The van der Waals surface area contributed by atoms with E-state index in [0.717, 1.165) is 11.3 Å². The molecule has 3 aromatic heterocycles. The molecule has 31 heavy (non-hydrogen) atoms. The smallest absolute Gasteiger partial charge is 0.254 e. The first-order valence-corrected chi connectivity index (χ1v) is 10.3. The van der Waals surface area contributed by atoms with Crippen molar-refractivity contribution in [3.8, 4) is 17.1 Å². The fourth-order valence-corrected chi connectivity index (χ4v) is 3.80. The molecular weight excluding hydrogens is 416 g/mol. The Labute approximate surface area is 183 Å². The number of fused-ring (bicyclic) bond motifs is 1. The zero-order valence-corrected chi connectivity index (χ0v) is 17.3. The average Bonchev–Trinajstić information content (AvgIpc) is 3.18. The lowest BCUT2D eigenvalue weighted by molar-refractivity contribution is -0.125. The molecular formula is C22H19ClN6O2. The molecule has 5 rings (SSSR count). The summed E-state index contributed by atoms with van der Waals surface area (Å²) in [4.78, 5) is 27.8. The van der Waals surface area contributed by atoms with Crippen LogP contribution in [0, 0.1) is 0 Å². The average molecular weight is 435 g/mol. The number of morpholine rings is 1. The third-order valence-corrected chi connectivity index (χ3v) is 5.49. The molecule has 0 atom stereocenters. The quantitative estimate of drug-likeness (QED) is 0.495. The number of halogens is 1. The first-order valence-electron chi connectivity index (χ1n) is 9.79. The molecule has 1 aliphatic heterocycles. The van der Waals surface area contributed by atoms with E-state index in [1.165, 1.54) is 0 Å². The van der Waals surface area contributed by atoms with Gasteiger partial charge in [-0.2, -0.15) is 0 Å². The van der Waals surface area contributed by atoms with E-state index in [1.54, 1.807) is 17.2 Å². The Kier molecular flexibility index (Phi) is 5.01. The van der Waals surface area contributed by atoms with Crippen LogP contribution in [0.2, 0.25) is 0 Å². The number of amides is 1. The highest BCUT2D eigenvalue weighted by molar-refractivity contribution is 6.17. The topological polar surface area (TPSA) is 99.2 Å². The molecule has 1 amide bonds. The van der Waals surface area contributed by atoms with Crippen molar-refractivity contribution in [3.63, 3.8) is 0 Å². The molecule has 4 aromatic rings. The number of nitrogens with zero attached hydrogens (tertiary/aromatic N) is 5. The molecule has 8 nitrogen and oxygen atoms in total. The van der Waals surface area contributed by atoms with Gasteiger partial charge >= 0.3 is 0 Å². The maximum Gasteiger partial charge on any atom is 0.254 e. The number of pyridine rings is 2. The second-order valence-electron chi connectivity index (χ2n) is 7.12. The maximum absolute atomic E-state index is 12.3. The fraction of sp³-hybridized carbons (Fsp3) is 0.182. The summed E-state index contributed by atoms with van der Waals surface area (Å²) in [5.74, 6) is 1.86. The maximum atomic E-state index is 12.3. The minimum atomic E-state index is -0.118. The Balaban J connectivity index is 1.74. The number of ether oxygens (including phenoxy) is 1. The monoisotopic (exact) mass is 434 g/mol. The van der Waals surface area contributed by atoms with Gasteiger partial charge in [-0.1, -0.05) is 12.1 Å². The summed E-state index contributed by atoms with van der Waals surface area (Å²) in [7, 11) is 0. The second-order valence-corrected chi connectivity index (χ2v) is 7.38. The number of hydrogen-bond acceptors (Lipinski definition) is 6. The summed E-state index contributed by atoms with van der Waals surface area (Å²) in [5.41, 5.74) is 10.0. The molecule has 1 aliphatic rings. The van der Waals surface area contributed by atoms with Gasteiger partial charge in [0.1, 0.15) is 23.8 Å². The SMILES string of the molecule is Nc1ncccc1-c1nc2ccc(N3CCOCC3=O)nc2n1-c1ccc(CCl)cc1. The summed E-state index contributed by atoms with van der Waals surface area (Å²) in [6.07, 6.45) is 1.64. The van der Waals surface area contributed by atoms with Gasteiger partial charge in [-0.15, -0.1) is 11.6 Å². The number of nitrogen functional groups attached to an aromatic ring is 1. The normalized spacial score (nSPS) is 14.4. The highest BCUT2D eigenvalue weighted by Crippen LogP contribution is 2.31. The van der Waals surface area contributed by atoms with Crippen molar-refractivity contribution in [1.29, 1.82) is 0 Å². The highest BCUT2D eigenvalue weighted by atomic mass is 35.5. The second kappa shape index (κ2) is 7.98. The van der Waals surface area contributed by atoms with E-state index in [2.05, 4.69) is 4.98 Å². The number of benzene rings is 1. The summed E-state index contributed by atoms with van der Waals surface area (Å²) in [5, 5.41) is 0. The van der Waals surface area contributed by atoms with Gasteiger partial charge in [0.25, 0.3) is 5.91 Å². The van der Waals surface area contributed by atoms with Crippen LogP contribution in [0.1, 0.15) is 5.56 Å². The van der Waals surface area contributed by atoms with Gasteiger partial charge in [-0.25, -0.2) is 15.0 Å². The Morgan fingerprint density at radius 1 is 1.10 bits per heavy atom. The Morgan fingerprint density at radius 2 is 1.94 bits per heavy atom. The lowest BCUT2D eigenvalue weighted by atomic mass is 10.2. The lowest BCUT2D eigenvalue weighted by Gasteiger charge is -2.25. The van der Waals surface area contributed by atoms with E-state index in [9.17, 15) is 4.79 Å². The van der Waals surface area contributed by atoms with Gasteiger partial charge < -0.3 is 10.5 Å². The first-order chi connectivity index (χ1) is 15.2. The third-order valence-electron chi connectivity index (χ3n) is 5.18. The zero-order chi connectivity index (χ0) is 21.4. The van der Waals surface area contributed by atoms with Crippen LogP contribution in [0.3, 0.4) is 0 Å². The molecule has 0 aliphatic carbocycles. The number of carbonyl (C=O) groups excluding carboxylic acids is 1. The van der Waals surface area contributed by atoms with Gasteiger partial charge in [0.15, 0.2) is 11.5 Å². The molecule has 1 saturated heterocycles. The number of aromatic nitrogens is 4. The Hall–Kier alpha value is -3.49. The molecule has 0 bridgehead atoms. The van der Waals surface area contributed by atoms with Crippen molar-refractivity contribution < 1.29 is 9.53 Å². The predicted octanol–water partition coefficient (Wildman–Crippen LogP) is 3.17. The van der Waals surface area contributed by atoms with Gasteiger partial charge in [0, 0.05) is 17.8 Å². The summed E-state index contributed by atoms with van der Waals surface area (Å²) in [6, 6.07) is 15.2. The van der Waals surface area contributed by atoms with Crippen molar-refractivity contribution in [1.82, 2.24) is 19.5 Å². The fourth-order valence-electron chi connectivity index (χ4n) is 3.62. The predicted molar refractivity (Wildman–Crippen MR) is 119 cm³/mol. The van der Waals surface area contributed by atoms with Gasteiger partial charge in [-0.3, -0.25) is 14.3 Å². The summed E-state index contributed by atoms with van der Waals surface area (Å²) >= 11 is 5.96. The number of rotatable bonds is 4. The number of nitrogens with two attached hydrogens (primary N) is 1. The molecule has 1 aromatic carbocycles. The van der Waals surface area contributed by atoms with E-state index in [1.807, 2.05) is 47.0 Å². The minimum Gasteiger partial charge on any atom is -0.383 e. The number of hydrogen-bond donors (Lipinski definition) is 1. The van der Waals surface area contributed by atoms with Crippen LogP contribution in [-0.2, 0) is 15.4 Å². The molecule has 0 spiro atoms. The Bertz CT molecular complexity index is 1270. The van der Waals surface area contributed by atoms with Crippen LogP contribution in [0.25, 0.3) is 28.2 Å². The number of alkyl halides is 1. The molecule has 156 valence electrons. The van der Waals surface area contributed by atoms with Crippen LogP contribution in [-0.4, -0.2) is 45.2 Å². The molecule has 0 radical (unpaired) electrons. The largest absolute Gasteiger partial charge is 0.383 e. The Morgan fingerprint density at radius 3 is 2.68 bits per heavy atom. The molecule has 2 N–H and O–H groups in total. The van der Waals surface area contributed by atoms with Crippen molar-refractivity contribution in [2.45, 2.75) is 5.88 Å². The van der Waals surface area contributed by atoms with E-state index < -0.39 is 0 Å². The molecule has 1 fully saturated rings. The molecule has 4 heterocycles. The minimum absolute atomic E-state index is 0.0519. The summed E-state index contributed by atoms with van der Waals surface area (Å²) < 4.78 is 7.17. The number of anilines is 2. The summed E-state index contributed by atoms with van der Waals surface area (Å²) in [6.45, 7) is 0.983. The van der Waals surface area contributed by atoms with E-state index in [-0.39, 0.29) is 12.5 Å². The van der Waals surface area contributed by atoms with Crippen molar-refractivity contribution in [3.05, 3.63) is 60.3 Å². The molecule has 0 unspecified atom stereocenters. The van der Waals surface area contributed by atoms with Crippen molar-refractivity contribution in [2.75, 3.05) is 30.4 Å². The van der Waals surface area contributed by atoms with Crippen molar-refractivity contribution in [2.24, 2.45) is 0 Å². The van der Waals surface area contributed by atoms with E-state index in [0.29, 0.717) is 53.2 Å². The van der Waals surface area contributed by atoms with Gasteiger partial charge in [-0.05, 0) is 42.0 Å². The van der Waals surface area contributed by atoms with E-state index in [4.69, 9.17) is 32.0 Å². The molecule has 9 heteroatoms. The van der Waals surface area contributed by atoms with Gasteiger partial charge in [0.2, 0.25) is 0 Å².